The maximum Gasteiger partial charge on any atom is 0.0598 e. The lowest BCUT2D eigenvalue weighted by atomic mass is 10.3. The molecule has 0 saturated heterocycles. The van der Waals surface area contributed by atoms with Gasteiger partial charge in [0.15, 0.2) is 0 Å². The highest BCUT2D eigenvalue weighted by Gasteiger charge is 1.76. The molecule has 0 atom stereocenters. The summed E-state index contributed by atoms with van der Waals surface area (Å²) in [6.07, 6.45) is 2.38. The van der Waals surface area contributed by atoms with E-state index >= 15 is 0 Å². The van der Waals surface area contributed by atoms with Crippen LogP contribution in [0, 0.1) is 0 Å². The van der Waals surface area contributed by atoms with Crippen molar-refractivity contribution in [1.29, 1.82) is 0 Å². The lowest BCUT2D eigenvalue weighted by Crippen LogP contribution is -1.76. The summed E-state index contributed by atoms with van der Waals surface area (Å²) >= 11 is 0. The third kappa shape index (κ3) is 5.60. The van der Waals surface area contributed by atoms with Crippen LogP contribution in [0.25, 0.3) is 0 Å². The molecule has 0 fully saturated rings. The lowest BCUT2D eigenvalue weighted by Gasteiger charge is -1.85. The van der Waals surface area contributed by atoms with E-state index in [2.05, 4.69) is 17.2 Å². The van der Waals surface area contributed by atoms with Crippen molar-refractivity contribution in [3.8, 4) is 0 Å². The molecule has 0 rings (SSSR count). The Hall–Kier alpha value is -0.400. The summed E-state index contributed by atoms with van der Waals surface area (Å²) < 4.78 is 0. The molecule has 0 bridgehead atoms. The molecule has 2 heteroatoms. The number of azo groups is 1. The molecule has 0 radical (unpaired) electrons. The molecule has 2 nitrogen and oxygen atoms in total. The van der Waals surface area contributed by atoms with E-state index in [1.165, 1.54) is 12.8 Å². The van der Waals surface area contributed by atoms with Crippen molar-refractivity contribution in [3.63, 3.8) is 0 Å². The quantitative estimate of drug-likeness (QED) is 0.395. The van der Waals surface area contributed by atoms with Crippen LogP contribution in [0.1, 0.15) is 26.7 Å². The van der Waals surface area contributed by atoms with Gasteiger partial charge < -0.3 is 0 Å². The summed E-state index contributed by atoms with van der Waals surface area (Å²) in [6, 6.07) is 0. The summed E-state index contributed by atoms with van der Waals surface area (Å²) in [7, 11) is 0. The van der Waals surface area contributed by atoms with Gasteiger partial charge in [0.1, 0.15) is 0 Å². The van der Waals surface area contributed by atoms with Crippen LogP contribution < -0.4 is 0 Å². The molecular weight excluding hydrogens is 100 g/mol. The van der Waals surface area contributed by atoms with Crippen LogP contribution in [0.2, 0.25) is 0 Å². The predicted octanol–water partition coefficient (Wildman–Crippen LogP) is 2.26. The van der Waals surface area contributed by atoms with Gasteiger partial charge in [-0.25, -0.2) is 0 Å². The predicted molar refractivity (Wildman–Crippen MR) is 35.2 cm³/mol. The molecule has 0 spiro atoms. The van der Waals surface area contributed by atoms with E-state index in [1.54, 1.807) is 0 Å². The van der Waals surface area contributed by atoms with Crippen LogP contribution in [0.3, 0.4) is 0 Å². The fourth-order valence-corrected chi connectivity index (χ4v) is 0.400. The maximum absolute atomic E-state index is 3.90. The molecule has 8 heavy (non-hydrogen) atoms. The summed E-state index contributed by atoms with van der Waals surface area (Å²) in [6.45, 7) is 5.88. The first-order chi connectivity index (χ1) is 3.91. The molecule has 0 amide bonds. The zero-order chi connectivity index (χ0) is 6.24. The van der Waals surface area contributed by atoms with E-state index in [1.807, 2.05) is 6.92 Å². The van der Waals surface area contributed by atoms with Gasteiger partial charge in [-0.2, -0.15) is 10.2 Å². The SMILES string of the molecule is CCCC/N=N/CC. The standard InChI is InChI=1S/C6H14N2/c1-3-5-6-8-7-4-2/h3-6H2,1-2H3/b8-7+. The Morgan fingerprint density at radius 1 is 1.12 bits per heavy atom. The van der Waals surface area contributed by atoms with Crippen molar-refractivity contribution in [1.82, 2.24) is 0 Å². The average Bonchev–Trinajstić information content (AvgIpc) is 1.81. The molecule has 0 heterocycles. The Kier molecular flexibility index (Phi) is 6.27. The molecule has 0 aliphatic rings. The first-order valence-corrected chi connectivity index (χ1v) is 3.25. The van der Waals surface area contributed by atoms with Gasteiger partial charge in [-0.15, -0.1) is 0 Å². The summed E-state index contributed by atoms with van der Waals surface area (Å²) in [5.74, 6) is 0. The topological polar surface area (TPSA) is 24.7 Å². The van der Waals surface area contributed by atoms with Crippen LogP contribution in [0.4, 0.5) is 0 Å². The summed E-state index contributed by atoms with van der Waals surface area (Å²) in [5, 5.41) is 7.74. The van der Waals surface area contributed by atoms with Crippen molar-refractivity contribution in [2.75, 3.05) is 13.1 Å². The second-order valence-corrected chi connectivity index (χ2v) is 1.68. The fourth-order valence-electron chi connectivity index (χ4n) is 0.400. The molecule has 0 aliphatic heterocycles. The van der Waals surface area contributed by atoms with E-state index in [0.717, 1.165) is 13.1 Å². The van der Waals surface area contributed by atoms with Crippen LogP contribution in [0.15, 0.2) is 10.2 Å². The number of unbranched alkanes of at least 4 members (excludes halogenated alkanes) is 1. The van der Waals surface area contributed by atoms with Crippen molar-refractivity contribution in [2.24, 2.45) is 10.2 Å². The molecule has 0 aromatic heterocycles. The van der Waals surface area contributed by atoms with Crippen molar-refractivity contribution in [3.05, 3.63) is 0 Å². The molecule has 48 valence electrons. The highest BCUT2D eigenvalue weighted by molar-refractivity contribution is 4.36. The zero-order valence-electron chi connectivity index (χ0n) is 5.72. The first kappa shape index (κ1) is 7.60. The van der Waals surface area contributed by atoms with Crippen LogP contribution in [-0.2, 0) is 0 Å². The summed E-state index contributed by atoms with van der Waals surface area (Å²) in [4.78, 5) is 0. The number of nitrogens with zero attached hydrogens (tertiary/aromatic N) is 2. The highest BCUT2D eigenvalue weighted by Crippen LogP contribution is 1.86. The van der Waals surface area contributed by atoms with Gasteiger partial charge in [0.25, 0.3) is 0 Å². The van der Waals surface area contributed by atoms with E-state index in [-0.39, 0.29) is 0 Å². The first-order valence-electron chi connectivity index (χ1n) is 3.25. The number of hydrogen-bond acceptors (Lipinski definition) is 2. The minimum Gasteiger partial charge on any atom is -0.195 e. The van der Waals surface area contributed by atoms with Crippen molar-refractivity contribution < 1.29 is 0 Å². The van der Waals surface area contributed by atoms with Crippen molar-refractivity contribution >= 4 is 0 Å². The van der Waals surface area contributed by atoms with Gasteiger partial charge >= 0.3 is 0 Å². The third-order valence-corrected chi connectivity index (χ3v) is 0.853. The molecule has 0 N–H and O–H groups in total. The number of rotatable bonds is 4. The van der Waals surface area contributed by atoms with Gasteiger partial charge in [-0.3, -0.25) is 0 Å². The van der Waals surface area contributed by atoms with E-state index in [9.17, 15) is 0 Å². The van der Waals surface area contributed by atoms with Gasteiger partial charge in [0, 0.05) is 0 Å². The van der Waals surface area contributed by atoms with Gasteiger partial charge in [0.2, 0.25) is 0 Å². The number of hydrogen-bond donors (Lipinski definition) is 0. The van der Waals surface area contributed by atoms with Crippen LogP contribution in [-0.4, -0.2) is 13.1 Å². The Morgan fingerprint density at radius 3 is 2.38 bits per heavy atom. The smallest absolute Gasteiger partial charge is 0.0598 e. The Balaban J connectivity index is 2.80. The molecule has 0 aromatic rings. The second-order valence-electron chi connectivity index (χ2n) is 1.68. The van der Waals surface area contributed by atoms with Gasteiger partial charge in [-0.05, 0) is 13.3 Å². The van der Waals surface area contributed by atoms with Gasteiger partial charge in [0.05, 0.1) is 13.1 Å². The lowest BCUT2D eigenvalue weighted by molar-refractivity contribution is 0.760. The minimum absolute atomic E-state index is 0.823. The maximum atomic E-state index is 3.90. The van der Waals surface area contributed by atoms with E-state index in [4.69, 9.17) is 0 Å². The van der Waals surface area contributed by atoms with Gasteiger partial charge in [-0.1, -0.05) is 13.3 Å². The fraction of sp³-hybridized carbons (Fsp3) is 1.00. The van der Waals surface area contributed by atoms with Crippen LogP contribution in [0.5, 0.6) is 0 Å². The molecule has 0 saturated carbocycles. The molecule has 0 unspecified atom stereocenters. The minimum atomic E-state index is 0.823. The summed E-state index contributed by atoms with van der Waals surface area (Å²) in [5.41, 5.74) is 0. The molecule has 0 aromatic carbocycles. The highest BCUT2D eigenvalue weighted by atomic mass is 15.1. The Morgan fingerprint density at radius 2 is 1.88 bits per heavy atom. The molecular formula is C6H14N2. The largest absolute Gasteiger partial charge is 0.195 e. The van der Waals surface area contributed by atoms with Crippen molar-refractivity contribution in [2.45, 2.75) is 26.7 Å². The van der Waals surface area contributed by atoms with E-state index in [0.29, 0.717) is 0 Å². The Labute approximate surface area is 51.0 Å². The second kappa shape index (κ2) is 6.60. The zero-order valence-corrected chi connectivity index (χ0v) is 5.72. The molecule has 0 aliphatic carbocycles. The normalized spacial score (nSPS) is 10.8. The third-order valence-electron chi connectivity index (χ3n) is 0.853. The average molecular weight is 114 g/mol. The monoisotopic (exact) mass is 114 g/mol. The van der Waals surface area contributed by atoms with E-state index < -0.39 is 0 Å². The Bertz CT molecular complexity index is 59.5. The van der Waals surface area contributed by atoms with Crippen LogP contribution >= 0.6 is 0 Å².